The van der Waals surface area contributed by atoms with Crippen molar-refractivity contribution in [3.8, 4) is 5.75 Å². The Labute approximate surface area is 212 Å². The van der Waals surface area contributed by atoms with E-state index in [0.29, 0.717) is 13.2 Å². The summed E-state index contributed by atoms with van der Waals surface area (Å²) in [6.07, 6.45) is 6.50. The molecule has 3 saturated heterocycles. The van der Waals surface area contributed by atoms with Crippen LogP contribution in [0.1, 0.15) is 98.7 Å². The summed E-state index contributed by atoms with van der Waals surface area (Å²) >= 11 is 0. The van der Waals surface area contributed by atoms with E-state index in [1.165, 1.54) is 12.8 Å². The van der Waals surface area contributed by atoms with Crippen molar-refractivity contribution in [3.05, 3.63) is 29.8 Å². The summed E-state index contributed by atoms with van der Waals surface area (Å²) in [4.78, 5) is 6.86. The molecule has 0 saturated carbocycles. The molecule has 0 aliphatic carbocycles. The zero-order chi connectivity index (χ0) is 25.3. The number of hydrogen-bond acceptors (Lipinski definition) is 6. The third kappa shape index (κ3) is 5.42. The second-order valence-corrected chi connectivity index (χ2v) is 11.3. The van der Waals surface area contributed by atoms with Crippen LogP contribution in [0.5, 0.6) is 5.75 Å². The van der Waals surface area contributed by atoms with Gasteiger partial charge in [0, 0.05) is 17.9 Å². The van der Waals surface area contributed by atoms with Gasteiger partial charge in [0.05, 0.1) is 24.9 Å². The molecule has 198 valence electrons. The van der Waals surface area contributed by atoms with Crippen LogP contribution < -0.4 is 4.74 Å². The van der Waals surface area contributed by atoms with E-state index in [1.807, 2.05) is 12.1 Å². The van der Waals surface area contributed by atoms with Crippen LogP contribution in [0.25, 0.3) is 0 Å². The molecule has 0 amide bonds. The maximum Gasteiger partial charge on any atom is 0.175 e. The number of piperidine rings is 1. The summed E-state index contributed by atoms with van der Waals surface area (Å²) < 4.78 is 24.4. The molecule has 4 rings (SSSR count). The third-order valence-electron chi connectivity index (χ3n) is 8.86. The Kier molecular flexibility index (Phi) is 8.19. The number of hydroxylamine groups is 2. The molecule has 3 aliphatic heterocycles. The predicted molar refractivity (Wildman–Crippen MR) is 137 cm³/mol. The smallest absolute Gasteiger partial charge is 0.175 e. The largest absolute Gasteiger partial charge is 0.491 e. The highest BCUT2D eigenvalue weighted by Gasteiger charge is 2.64. The van der Waals surface area contributed by atoms with Crippen LogP contribution in [0.2, 0.25) is 0 Å². The van der Waals surface area contributed by atoms with E-state index in [0.717, 1.165) is 43.6 Å². The molecule has 35 heavy (non-hydrogen) atoms. The highest BCUT2D eigenvalue weighted by Crippen LogP contribution is 2.55. The normalized spacial score (nSPS) is 38.1. The first kappa shape index (κ1) is 26.9. The van der Waals surface area contributed by atoms with E-state index in [2.05, 4.69) is 65.7 Å². The van der Waals surface area contributed by atoms with E-state index in [9.17, 15) is 0 Å². The number of epoxide rings is 1. The molecule has 6 heteroatoms. The van der Waals surface area contributed by atoms with Crippen molar-refractivity contribution >= 4 is 0 Å². The van der Waals surface area contributed by atoms with Crippen LogP contribution in [-0.4, -0.2) is 54.0 Å². The minimum Gasteiger partial charge on any atom is -0.491 e. The molecule has 7 atom stereocenters. The summed E-state index contributed by atoms with van der Waals surface area (Å²) in [6.45, 7) is 17.9. The van der Waals surface area contributed by atoms with Gasteiger partial charge in [-0.15, -0.1) is 0 Å². The number of rotatable bonds is 11. The quantitative estimate of drug-likeness (QED) is 0.334. The lowest BCUT2D eigenvalue weighted by Gasteiger charge is -2.62. The van der Waals surface area contributed by atoms with Gasteiger partial charge in [0.1, 0.15) is 24.6 Å². The number of unbranched alkanes of at least 4 members (excludes halogenated alkanes) is 1. The lowest BCUT2D eigenvalue weighted by Crippen LogP contribution is -2.71. The van der Waals surface area contributed by atoms with Crippen molar-refractivity contribution in [2.24, 2.45) is 5.92 Å². The zero-order valence-corrected chi connectivity index (χ0v) is 23.0. The molecule has 3 fully saturated rings. The van der Waals surface area contributed by atoms with Crippen molar-refractivity contribution in [1.29, 1.82) is 0 Å². The van der Waals surface area contributed by atoms with Gasteiger partial charge in [0.15, 0.2) is 5.79 Å². The Morgan fingerprint density at radius 3 is 2.37 bits per heavy atom. The monoisotopic (exact) mass is 489 g/mol. The summed E-state index contributed by atoms with van der Waals surface area (Å²) in [5.74, 6) is 0.482. The van der Waals surface area contributed by atoms with Gasteiger partial charge in [-0.25, -0.2) is 0 Å². The Hall–Kier alpha value is -1.18. The molecular weight excluding hydrogens is 442 g/mol. The summed E-state index contributed by atoms with van der Waals surface area (Å²) in [5, 5.41) is 2.31. The van der Waals surface area contributed by atoms with Crippen LogP contribution in [0.15, 0.2) is 24.3 Å². The van der Waals surface area contributed by atoms with E-state index >= 15 is 0 Å². The molecule has 1 aromatic carbocycles. The molecule has 0 radical (unpaired) electrons. The minimum atomic E-state index is -0.554. The van der Waals surface area contributed by atoms with Crippen molar-refractivity contribution in [2.45, 2.75) is 122 Å². The minimum absolute atomic E-state index is 0.0865. The summed E-state index contributed by atoms with van der Waals surface area (Å²) in [6, 6.07) is 8.27. The lowest BCUT2D eigenvalue weighted by atomic mass is 9.67. The number of benzene rings is 1. The fourth-order valence-electron chi connectivity index (χ4n) is 5.87. The molecule has 0 N–H and O–H groups in total. The maximum absolute atomic E-state index is 6.86. The lowest BCUT2D eigenvalue weighted by molar-refractivity contribution is -0.380. The molecule has 1 aromatic rings. The summed E-state index contributed by atoms with van der Waals surface area (Å²) in [7, 11) is 0. The first-order valence-electron chi connectivity index (χ1n) is 13.8. The number of nitrogens with zero attached hydrogens (tertiary/aromatic N) is 1. The van der Waals surface area contributed by atoms with Crippen LogP contribution in [-0.2, 0) is 19.0 Å². The van der Waals surface area contributed by atoms with Gasteiger partial charge < -0.3 is 18.9 Å². The van der Waals surface area contributed by atoms with Crippen molar-refractivity contribution in [1.82, 2.24) is 5.06 Å². The fourth-order valence-corrected chi connectivity index (χ4v) is 5.87. The number of ether oxygens (including phenoxy) is 4. The van der Waals surface area contributed by atoms with Crippen LogP contribution in [0.4, 0.5) is 0 Å². The van der Waals surface area contributed by atoms with Crippen molar-refractivity contribution in [2.75, 3.05) is 19.8 Å². The van der Waals surface area contributed by atoms with Gasteiger partial charge in [-0.2, -0.15) is 5.06 Å². The third-order valence-corrected chi connectivity index (χ3v) is 8.86. The van der Waals surface area contributed by atoms with Crippen LogP contribution in [0.3, 0.4) is 0 Å². The van der Waals surface area contributed by atoms with E-state index < -0.39 is 5.79 Å². The van der Waals surface area contributed by atoms with Crippen LogP contribution >= 0.6 is 0 Å². The fraction of sp³-hybridized carbons (Fsp3) is 0.793. The first-order chi connectivity index (χ1) is 16.7. The van der Waals surface area contributed by atoms with Crippen molar-refractivity contribution < 1.29 is 23.8 Å². The highest BCUT2D eigenvalue weighted by molar-refractivity contribution is 5.28. The average Bonchev–Trinajstić information content (AvgIpc) is 3.62. The van der Waals surface area contributed by atoms with Gasteiger partial charge in [0.2, 0.25) is 0 Å². The molecular formula is C29H47NO5. The Bertz CT molecular complexity index is 829. The van der Waals surface area contributed by atoms with Gasteiger partial charge in [0.25, 0.3) is 0 Å². The Morgan fingerprint density at radius 1 is 1.06 bits per heavy atom. The van der Waals surface area contributed by atoms with Gasteiger partial charge in [-0.1, -0.05) is 52.7 Å². The molecule has 7 unspecified atom stereocenters. The average molecular weight is 490 g/mol. The highest BCUT2D eigenvalue weighted by atomic mass is 16.8. The van der Waals surface area contributed by atoms with E-state index in [4.69, 9.17) is 23.8 Å². The summed E-state index contributed by atoms with van der Waals surface area (Å²) in [5.41, 5.74) is 0.695. The molecule has 1 spiro atoms. The van der Waals surface area contributed by atoms with E-state index in [1.54, 1.807) is 0 Å². The molecule has 0 bridgehead atoms. The van der Waals surface area contributed by atoms with Crippen molar-refractivity contribution in [3.63, 3.8) is 0 Å². The van der Waals surface area contributed by atoms with Gasteiger partial charge >= 0.3 is 0 Å². The Balaban J connectivity index is 1.51. The first-order valence-corrected chi connectivity index (χ1v) is 13.8. The standard InChI is InChI=1S/C29H47NO5/c1-8-11-12-25-19-33-29(34-25)20-27(6,9-2)30(28(7,10-3)22(29)5)35-21(4)23-13-15-24(16-14-23)31-17-26-18-32-26/h13-16,21-22,25-26H,8-12,17-20H2,1-7H3. The number of hydrogen-bond donors (Lipinski definition) is 0. The molecule has 6 nitrogen and oxygen atoms in total. The molecule has 0 aromatic heterocycles. The second kappa shape index (κ2) is 10.7. The van der Waals surface area contributed by atoms with Crippen LogP contribution in [0, 0.1) is 5.92 Å². The maximum atomic E-state index is 6.86. The Morgan fingerprint density at radius 2 is 1.77 bits per heavy atom. The second-order valence-electron chi connectivity index (χ2n) is 11.3. The molecule has 3 heterocycles. The van der Waals surface area contributed by atoms with Gasteiger partial charge in [-0.05, 0) is 57.7 Å². The van der Waals surface area contributed by atoms with Gasteiger partial charge in [-0.3, -0.25) is 4.84 Å². The zero-order valence-electron chi connectivity index (χ0n) is 23.0. The SMILES string of the molecule is CCCCC1COC2(CC(C)(CC)N(OC(C)c3ccc(OCC4CO4)cc3)C(C)(CC)C2C)O1. The predicted octanol–water partition coefficient (Wildman–Crippen LogP) is 6.44. The van der Waals surface area contributed by atoms with E-state index in [-0.39, 0.29) is 35.3 Å². The molecule has 3 aliphatic rings. The topological polar surface area (TPSA) is 52.7 Å².